The van der Waals surface area contributed by atoms with Gasteiger partial charge in [-0.05, 0) is 0 Å². The topological polar surface area (TPSA) is 36.9 Å². The van der Waals surface area contributed by atoms with Crippen LogP contribution in [0, 0.1) is 0 Å². The van der Waals surface area contributed by atoms with Crippen molar-refractivity contribution >= 4 is 28.1 Å². The van der Waals surface area contributed by atoms with Gasteiger partial charge >= 0.3 is 301 Å². The first kappa shape index (κ1) is 43.6. The van der Waals surface area contributed by atoms with Gasteiger partial charge in [0.1, 0.15) is 0 Å². The molecule has 0 N–H and O–H groups in total. The summed E-state index contributed by atoms with van der Waals surface area (Å²) in [5.41, 5.74) is 0. The fourth-order valence-corrected chi connectivity index (χ4v) is 8.46. The zero-order valence-corrected chi connectivity index (χ0v) is 34.6. The zero-order chi connectivity index (χ0) is 35.0. The fourth-order valence-electron chi connectivity index (χ4n) is 5.96. The molecule has 0 saturated heterocycles. The summed E-state index contributed by atoms with van der Waals surface area (Å²) in [6, 6.07) is 13.3. The van der Waals surface area contributed by atoms with Gasteiger partial charge in [0, 0.05) is 0 Å². The van der Waals surface area contributed by atoms with Crippen molar-refractivity contribution < 1.29 is 18.9 Å². The first-order chi connectivity index (χ1) is 24.2. The second kappa shape index (κ2) is 31.2. The third-order valence-corrected chi connectivity index (χ3v) is 11.9. The van der Waals surface area contributed by atoms with Gasteiger partial charge in [0.25, 0.3) is 0 Å². The molecule has 280 valence electrons. The average molecular weight is 795 g/mol. The molecule has 0 radical (unpaired) electrons. The Morgan fingerprint density at radius 2 is 0.592 bits per heavy atom. The molecule has 0 fully saturated rings. The Morgan fingerprint density at radius 3 is 0.898 bits per heavy atom. The van der Waals surface area contributed by atoms with Crippen molar-refractivity contribution in [3.8, 4) is 23.0 Å². The molecule has 0 aliphatic heterocycles. The predicted octanol–water partition coefficient (Wildman–Crippen LogP) is 12.3. The molecule has 5 heteroatoms. The van der Waals surface area contributed by atoms with Crippen molar-refractivity contribution in [2.45, 2.75) is 182 Å². The van der Waals surface area contributed by atoms with Crippen molar-refractivity contribution in [2.75, 3.05) is 26.4 Å². The van der Waals surface area contributed by atoms with Gasteiger partial charge in [-0.25, -0.2) is 0 Å². The number of hydrogen-bond donors (Lipinski definition) is 0. The van der Waals surface area contributed by atoms with Crippen LogP contribution in [0.4, 0.5) is 0 Å². The van der Waals surface area contributed by atoms with Crippen LogP contribution in [-0.4, -0.2) is 47.4 Å². The minimum atomic E-state index is -0.637. The molecular weight excluding hydrogens is 720 g/mol. The van der Waals surface area contributed by atoms with E-state index in [2.05, 4.69) is 64.1 Å². The van der Waals surface area contributed by atoms with Crippen LogP contribution >= 0.6 is 0 Å². The van der Waals surface area contributed by atoms with Crippen LogP contribution in [0.2, 0.25) is 0 Å². The van der Waals surface area contributed by atoms with Crippen LogP contribution in [0.3, 0.4) is 0 Å². The first-order valence-corrected chi connectivity index (χ1v) is 23.0. The molecule has 0 amide bonds. The maximum absolute atomic E-state index is 6.41. The van der Waals surface area contributed by atoms with Gasteiger partial charge < -0.3 is 0 Å². The van der Waals surface area contributed by atoms with Gasteiger partial charge in [-0.1, -0.05) is 13.8 Å². The molecule has 0 heterocycles. The molecule has 0 atom stereocenters. The Balaban J connectivity index is 2.06. The Kier molecular flexibility index (Phi) is 27.7. The molecule has 0 aliphatic rings. The van der Waals surface area contributed by atoms with Crippen LogP contribution in [0.15, 0.2) is 36.4 Å². The van der Waals surface area contributed by atoms with Crippen molar-refractivity contribution in [1.82, 2.24) is 0 Å². The molecule has 0 spiro atoms. The van der Waals surface area contributed by atoms with Crippen LogP contribution in [0.1, 0.15) is 182 Å². The molecule has 2 rings (SSSR count). The summed E-state index contributed by atoms with van der Waals surface area (Å²) < 4.78 is 28.2. The maximum atomic E-state index is 6.41. The number of ether oxygens (including phenoxy) is 4. The van der Waals surface area contributed by atoms with Crippen LogP contribution in [0.25, 0.3) is 0 Å². The van der Waals surface area contributed by atoms with Gasteiger partial charge in [-0.3, -0.25) is 0 Å². The number of unbranched alkanes of at least 4 members (excludes halogenated alkanes) is 20. The van der Waals surface area contributed by atoms with E-state index in [1.165, 1.54) is 136 Å². The standard InChI is InChI=1S/C44H74O4Te/c1-5-9-13-17-21-25-33-45-41-31-29-39(37-43(41)47-35-27-23-19-15-11-7-3)49-40-30-32-42(46-34-26-22-18-14-10-6-2)44(38-40)48-36-28-24-20-16-12-8-4/h29-32,37-38H,5-28,33-36H2,1-4H3. The summed E-state index contributed by atoms with van der Waals surface area (Å²) in [6.45, 7) is 12.1. The molecule has 4 nitrogen and oxygen atoms in total. The fraction of sp³-hybridized carbons (Fsp3) is 0.727. The minimum absolute atomic E-state index is 0.637. The number of benzene rings is 2. The van der Waals surface area contributed by atoms with Crippen molar-refractivity contribution in [1.29, 1.82) is 0 Å². The molecule has 0 aromatic heterocycles. The molecule has 0 bridgehead atoms. The second-order valence-electron chi connectivity index (χ2n) is 13.8. The average Bonchev–Trinajstić information content (AvgIpc) is 3.11. The van der Waals surface area contributed by atoms with E-state index in [4.69, 9.17) is 18.9 Å². The Bertz CT molecular complexity index is 960. The van der Waals surface area contributed by atoms with Gasteiger partial charge in [0.05, 0.1) is 0 Å². The summed E-state index contributed by atoms with van der Waals surface area (Å²) >= 11 is -0.637. The number of rotatable bonds is 34. The zero-order valence-electron chi connectivity index (χ0n) is 32.3. The van der Waals surface area contributed by atoms with Crippen LogP contribution < -0.4 is 26.2 Å². The van der Waals surface area contributed by atoms with Gasteiger partial charge in [0.15, 0.2) is 0 Å². The third kappa shape index (κ3) is 22.1. The van der Waals surface area contributed by atoms with E-state index >= 15 is 0 Å². The van der Waals surface area contributed by atoms with Gasteiger partial charge in [0.2, 0.25) is 0 Å². The molecule has 0 unspecified atom stereocenters. The Hall–Kier alpha value is -1.57. The summed E-state index contributed by atoms with van der Waals surface area (Å²) in [6.07, 6.45) is 30.4. The van der Waals surface area contributed by atoms with E-state index in [0.717, 1.165) is 75.1 Å². The van der Waals surface area contributed by atoms with E-state index in [0.29, 0.717) is 0 Å². The summed E-state index contributed by atoms with van der Waals surface area (Å²) in [5, 5.41) is 0. The van der Waals surface area contributed by atoms with E-state index in [1.807, 2.05) is 0 Å². The second-order valence-corrected chi connectivity index (χ2v) is 17.1. The van der Waals surface area contributed by atoms with E-state index in [9.17, 15) is 0 Å². The number of hydrogen-bond acceptors (Lipinski definition) is 4. The molecule has 2 aromatic carbocycles. The van der Waals surface area contributed by atoms with E-state index in [1.54, 1.807) is 0 Å². The predicted molar refractivity (Wildman–Crippen MR) is 213 cm³/mol. The normalized spacial score (nSPS) is 11.2. The monoisotopic (exact) mass is 796 g/mol. The SMILES string of the molecule is CCCCCCCCOc1ccc([Te]c2ccc(OCCCCCCCC)c(OCCCCCCCC)c2)cc1OCCCCCCCC. The van der Waals surface area contributed by atoms with E-state index in [-0.39, 0.29) is 0 Å². The summed E-state index contributed by atoms with van der Waals surface area (Å²) in [4.78, 5) is 0. The van der Waals surface area contributed by atoms with Gasteiger partial charge in [-0.15, -0.1) is 0 Å². The van der Waals surface area contributed by atoms with Crippen molar-refractivity contribution in [3.63, 3.8) is 0 Å². The summed E-state index contributed by atoms with van der Waals surface area (Å²) in [7, 11) is 0. The van der Waals surface area contributed by atoms with Crippen molar-refractivity contribution in [3.05, 3.63) is 36.4 Å². The van der Waals surface area contributed by atoms with Crippen LogP contribution in [-0.2, 0) is 0 Å². The van der Waals surface area contributed by atoms with Crippen LogP contribution in [0.5, 0.6) is 23.0 Å². The molecular formula is C44H74O4Te. The molecule has 2 aromatic rings. The first-order valence-electron chi connectivity index (χ1n) is 20.7. The van der Waals surface area contributed by atoms with Crippen molar-refractivity contribution in [2.24, 2.45) is 0 Å². The molecule has 0 aliphatic carbocycles. The van der Waals surface area contributed by atoms with E-state index < -0.39 is 20.9 Å². The molecule has 49 heavy (non-hydrogen) atoms. The Labute approximate surface area is 313 Å². The Morgan fingerprint density at radius 1 is 0.327 bits per heavy atom. The van der Waals surface area contributed by atoms with Gasteiger partial charge in [-0.2, -0.15) is 0 Å². The quantitative estimate of drug-likeness (QED) is 0.0522. The summed E-state index contributed by atoms with van der Waals surface area (Å²) in [5.74, 6) is 3.63. The molecule has 0 saturated carbocycles. The third-order valence-electron chi connectivity index (χ3n) is 9.09.